The van der Waals surface area contributed by atoms with Crippen molar-refractivity contribution in [2.45, 2.75) is 13.0 Å². The first-order valence-electron chi connectivity index (χ1n) is 9.43. The average Bonchev–Trinajstić information content (AvgIpc) is 3.45. The minimum atomic E-state index is -0.762. The largest absolute Gasteiger partial charge is 0.387 e. The number of likely N-dealkylation sites (N-methyl/N-ethyl adjacent to an activating group) is 1. The highest BCUT2D eigenvalue weighted by Crippen LogP contribution is 2.30. The van der Waals surface area contributed by atoms with Crippen LogP contribution in [-0.4, -0.2) is 49.7 Å². The van der Waals surface area contributed by atoms with Crippen molar-refractivity contribution in [2.75, 3.05) is 13.6 Å². The summed E-state index contributed by atoms with van der Waals surface area (Å²) < 4.78 is 1.53. The van der Waals surface area contributed by atoms with Crippen LogP contribution in [0.4, 0.5) is 0 Å². The molecular weight excluding hydrogens is 398 g/mol. The van der Waals surface area contributed by atoms with Crippen molar-refractivity contribution in [3.05, 3.63) is 83.0 Å². The highest BCUT2D eigenvalue weighted by atomic mass is 32.1. The minimum Gasteiger partial charge on any atom is -0.387 e. The molecule has 0 aliphatic rings. The van der Waals surface area contributed by atoms with Crippen LogP contribution in [0.1, 0.15) is 27.6 Å². The number of nitrogens with zero attached hydrogens (tertiary/aromatic N) is 5. The van der Waals surface area contributed by atoms with Gasteiger partial charge < -0.3 is 10.0 Å². The second kappa shape index (κ2) is 8.56. The van der Waals surface area contributed by atoms with E-state index in [1.54, 1.807) is 24.5 Å². The van der Waals surface area contributed by atoms with Gasteiger partial charge in [-0.1, -0.05) is 30.3 Å². The van der Waals surface area contributed by atoms with E-state index in [0.29, 0.717) is 11.3 Å². The van der Waals surface area contributed by atoms with E-state index in [0.717, 1.165) is 16.0 Å². The van der Waals surface area contributed by atoms with Crippen molar-refractivity contribution >= 4 is 17.2 Å². The number of aryl methyl sites for hydroxylation is 1. The lowest BCUT2D eigenvalue weighted by molar-refractivity contribution is 0.0681. The smallest absolute Gasteiger partial charge is 0.253 e. The number of carbonyl (C=O) groups excluding carboxylic acids is 1. The van der Waals surface area contributed by atoms with Crippen molar-refractivity contribution in [1.29, 1.82) is 0 Å². The van der Waals surface area contributed by atoms with Crippen LogP contribution >= 0.6 is 11.3 Å². The van der Waals surface area contributed by atoms with E-state index in [4.69, 9.17) is 0 Å². The fourth-order valence-electron chi connectivity index (χ4n) is 3.21. The molecule has 2 aromatic heterocycles. The molecule has 8 heteroatoms. The van der Waals surface area contributed by atoms with Crippen LogP contribution in [0.5, 0.6) is 0 Å². The fourth-order valence-corrected chi connectivity index (χ4v) is 4.10. The van der Waals surface area contributed by atoms with Gasteiger partial charge >= 0.3 is 0 Å². The predicted octanol–water partition coefficient (Wildman–Crippen LogP) is 3.50. The molecule has 0 spiro atoms. The van der Waals surface area contributed by atoms with Gasteiger partial charge in [-0.15, -0.1) is 16.4 Å². The molecule has 0 radical (unpaired) electrons. The van der Waals surface area contributed by atoms with Crippen molar-refractivity contribution < 1.29 is 9.90 Å². The second-order valence-corrected chi connectivity index (χ2v) is 8.03. The van der Waals surface area contributed by atoms with E-state index in [1.807, 2.05) is 49.4 Å². The Kier molecular flexibility index (Phi) is 5.69. The molecule has 4 rings (SSSR count). The molecule has 30 heavy (non-hydrogen) atoms. The van der Waals surface area contributed by atoms with E-state index in [-0.39, 0.29) is 12.5 Å². The van der Waals surface area contributed by atoms with E-state index >= 15 is 0 Å². The zero-order valence-electron chi connectivity index (χ0n) is 16.6. The molecule has 0 bridgehead atoms. The van der Waals surface area contributed by atoms with Crippen molar-refractivity contribution in [3.8, 4) is 16.1 Å². The van der Waals surface area contributed by atoms with Gasteiger partial charge in [0.1, 0.15) is 6.33 Å². The van der Waals surface area contributed by atoms with Crippen molar-refractivity contribution in [1.82, 2.24) is 25.1 Å². The highest BCUT2D eigenvalue weighted by Gasteiger charge is 2.19. The third kappa shape index (κ3) is 4.29. The lowest BCUT2D eigenvalue weighted by atomic mass is 10.1. The summed E-state index contributed by atoms with van der Waals surface area (Å²) in [5.74, 6) is -0.186. The van der Waals surface area contributed by atoms with E-state index < -0.39 is 6.10 Å². The maximum absolute atomic E-state index is 13.2. The zero-order valence-corrected chi connectivity index (χ0v) is 17.5. The monoisotopic (exact) mass is 419 g/mol. The van der Waals surface area contributed by atoms with Crippen LogP contribution in [0.2, 0.25) is 0 Å². The number of hydrogen-bond donors (Lipinski definition) is 1. The Labute approximate surface area is 178 Å². The van der Waals surface area contributed by atoms with Crippen molar-refractivity contribution in [2.24, 2.45) is 0 Å². The Hall–Kier alpha value is -3.36. The number of hydrogen-bond acceptors (Lipinski definition) is 6. The van der Waals surface area contributed by atoms with Gasteiger partial charge in [0, 0.05) is 17.5 Å². The minimum absolute atomic E-state index is 0.186. The van der Waals surface area contributed by atoms with Crippen LogP contribution in [0.25, 0.3) is 16.1 Å². The van der Waals surface area contributed by atoms with E-state index in [9.17, 15) is 9.90 Å². The summed E-state index contributed by atoms with van der Waals surface area (Å²) >= 11 is 1.62. The number of rotatable bonds is 6. The van der Waals surface area contributed by atoms with Crippen LogP contribution in [0, 0.1) is 6.92 Å². The normalized spacial score (nSPS) is 12.0. The number of benzene rings is 2. The number of aliphatic hydroxyl groups excluding tert-OH is 1. The summed E-state index contributed by atoms with van der Waals surface area (Å²) in [6, 6.07) is 17.0. The van der Waals surface area contributed by atoms with E-state index in [1.165, 1.54) is 21.5 Å². The first-order valence-corrected chi connectivity index (χ1v) is 10.3. The Morgan fingerprint density at radius 2 is 2.00 bits per heavy atom. The Morgan fingerprint density at radius 3 is 2.67 bits per heavy atom. The number of aromatic nitrogens is 4. The number of thiophene rings is 1. The molecular formula is C22H21N5O2S. The molecule has 0 aliphatic carbocycles. The molecule has 2 aromatic carbocycles. The third-order valence-corrected chi connectivity index (χ3v) is 5.87. The van der Waals surface area contributed by atoms with Gasteiger partial charge in [0.25, 0.3) is 5.91 Å². The zero-order chi connectivity index (χ0) is 21.1. The standard InChI is InChI=1S/C22H21N5O2S/c1-15-8-21(30-13-15)17-9-18(11-19(10-17)27-14-23-24-25-27)22(29)26(2)12-20(28)16-6-4-3-5-7-16/h3-11,13-14,20,28H,12H2,1-2H3/t20-/m1/s1. The summed E-state index contributed by atoms with van der Waals surface area (Å²) in [6.45, 7) is 2.22. The first-order chi connectivity index (χ1) is 14.5. The van der Waals surface area contributed by atoms with Gasteiger partial charge in [-0.05, 0) is 63.7 Å². The maximum Gasteiger partial charge on any atom is 0.253 e. The molecule has 2 heterocycles. The SMILES string of the molecule is Cc1csc(-c2cc(C(=O)N(C)C[C@@H](O)c3ccccc3)cc(-n3cnnn3)c2)c1. The lowest BCUT2D eigenvalue weighted by Crippen LogP contribution is -2.31. The first kappa shape index (κ1) is 19.9. The number of aliphatic hydroxyl groups is 1. The molecule has 1 N–H and O–H groups in total. The molecule has 4 aromatic rings. The van der Waals surface area contributed by atoms with Gasteiger partial charge in [-0.2, -0.15) is 0 Å². The topological polar surface area (TPSA) is 84.1 Å². The quantitative estimate of drug-likeness (QED) is 0.517. The van der Waals surface area contributed by atoms with E-state index in [2.05, 4.69) is 27.0 Å². The molecule has 152 valence electrons. The van der Waals surface area contributed by atoms with Crippen LogP contribution in [-0.2, 0) is 0 Å². The van der Waals surface area contributed by atoms with Gasteiger partial charge in [-0.3, -0.25) is 4.79 Å². The summed E-state index contributed by atoms with van der Waals surface area (Å²) in [5.41, 5.74) is 4.06. The molecule has 0 saturated carbocycles. The molecule has 1 amide bonds. The highest BCUT2D eigenvalue weighted by molar-refractivity contribution is 7.13. The average molecular weight is 420 g/mol. The lowest BCUT2D eigenvalue weighted by Gasteiger charge is -2.22. The van der Waals surface area contributed by atoms with Gasteiger partial charge in [0.05, 0.1) is 18.3 Å². The second-order valence-electron chi connectivity index (χ2n) is 7.12. The number of tetrazole rings is 1. The fraction of sp³-hybridized carbons (Fsp3) is 0.182. The summed E-state index contributed by atoms with van der Waals surface area (Å²) in [6.07, 6.45) is 0.734. The Morgan fingerprint density at radius 1 is 1.20 bits per heavy atom. The number of carbonyl (C=O) groups is 1. The van der Waals surface area contributed by atoms with Crippen LogP contribution in [0.15, 0.2) is 66.3 Å². The summed E-state index contributed by atoms with van der Waals surface area (Å²) in [4.78, 5) is 15.8. The summed E-state index contributed by atoms with van der Waals surface area (Å²) in [5, 5.41) is 23.9. The molecule has 0 fully saturated rings. The van der Waals surface area contributed by atoms with Gasteiger partial charge in [0.2, 0.25) is 0 Å². The Bertz CT molecular complexity index is 1140. The third-order valence-electron chi connectivity index (χ3n) is 4.77. The maximum atomic E-state index is 13.2. The molecule has 0 aliphatic heterocycles. The van der Waals surface area contributed by atoms with Gasteiger partial charge in [-0.25, -0.2) is 4.68 Å². The predicted molar refractivity (Wildman–Crippen MR) is 116 cm³/mol. The van der Waals surface area contributed by atoms with Crippen LogP contribution in [0.3, 0.4) is 0 Å². The molecule has 0 unspecified atom stereocenters. The van der Waals surface area contributed by atoms with Crippen molar-refractivity contribution in [3.63, 3.8) is 0 Å². The molecule has 7 nitrogen and oxygen atoms in total. The molecule has 0 saturated heterocycles. The summed E-state index contributed by atoms with van der Waals surface area (Å²) in [7, 11) is 1.69. The Balaban J connectivity index is 1.65. The van der Waals surface area contributed by atoms with Gasteiger partial charge in [0.15, 0.2) is 0 Å². The molecule has 1 atom stereocenters. The number of amides is 1. The van der Waals surface area contributed by atoms with Crippen LogP contribution < -0.4 is 0 Å².